The number of carbonyl (C=O) groups excluding carboxylic acids is 1. The molecule has 2 fully saturated rings. The Hall–Kier alpha value is -2.64. The molecule has 0 atom stereocenters. The minimum atomic E-state index is -0.157. The monoisotopic (exact) mass is 368 g/mol. The Balaban J connectivity index is 1.36. The predicted octanol–water partition coefficient (Wildman–Crippen LogP) is 2.01. The summed E-state index contributed by atoms with van der Waals surface area (Å²) in [7, 11) is 0. The maximum Gasteiger partial charge on any atom is 0.257 e. The number of amides is 1. The van der Waals surface area contributed by atoms with Crippen molar-refractivity contribution in [3.8, 4) is 0 Å². The van der Waals surface area contributed by atoms with E-state index in [2.05, 4.69) is 20.1 Å². The van der Waals surface area contributed by atoms with E-state index >= 15 is 0 Å². The van der Waals surface area contributed by atoms with Crippen LogP contribution in [0.15, 0.2) is 42.6 Å². The summed E-state index contributed by atoms with van der Waals surface area (Å²) in [6.07, 6.45) is 1.63. The summed E-state index contributed by atoms with van der Waals surface area (Å²) >= 11 is 0. The summed E-state index contributed by atoms with van der Waals surface area (Å²) < 4.78 is 10.7. The van der Waals surface area contributed by atoms with Crippen LogP contribution in [-0.2, 0) is 9.47 Å². The Kier molecular flexibility index (Phi) is 5.50. The molecule has 3 heterocycles. The lowest BCUT2D eigenvalue weighted by atomic mass is 10.2. The first-order chi connectivity index (χ1) is 13.3. The van der Waals surface area contributed by atoms with Crippen LogP contribution >= 0.6 is 0 Å². The minimum absolute atomic E-state index is 0.157. The molecule has 1 aromatic carbocycles. The second kappa shape index (κ2) is 8.37. The van der Waals surface area contributed by atoms with Gasteiger partial charge in [-0.05, 0) is 36.4 Å². The third-order valence-electron chi connectivity index (χ3n) is 4.85. The summed E-state index contributed by atoms with van der Waals surface area (Å²) in [5.41, 5.74) is 2.46. The van der Waals surface area contributed by atoms with Gasteiger partial charge in [0.2, 0.25) is 0 Å². The fourth-order valence-corrected chi connectivity index (χ4v) is 3.28. The highest BCUT2D eigenvalue weighted by Gasteiger charge is 2.14. The molecule has 1 N–H and O–H groups in total. The van der Waals surface area contributed by atoms with Gasteiger partial charge >= 0.3 is 0 Å². The number of carbonyl (C=O) groups is 1. The smallest absolute Gasteiger partial charge is 0.257 e. The van der Waals surface area contributed by atoms with E-state index in [1.54, 1.807) is 6.20 Å². The van der Waals surface area contributed by atoms with Gasteiger partial charge in [-0.2, -0.15) is 0 Å². The standard InChI is InChI=1S/C20H24N4O3/c25-20(16-1-6-19(21-15-16)24-9-13-27-14-10-24)22-17-2-4-18(5-3-17)23-7-11-26-12-8-23/h1-6,15H,7-14H2,(H,22,25). The highest BCUT2D eigenvalue weighted by atomic mass is 16.5. The van der Waals surface area contributed by atoms with Gasteiger partial charge in [0.15, 0.2) is 0 Å². The van der Waals surface area contributed by atoms with Crippen LogP contribution in [0, 0.1) is 0 Å². The molecule has 142 valence electrons. The number of ether oxygens (including phenoxy) is 2. The van der Waals surface area contributed by atoms with Crippen LogP contribution in [-0.4, -0.2) is 63.5 Å². The van der Waals surface area contributed by atoms with E-state index in [0.29, 0.717) is 18.8 Å². The van der Waals surface area contributed by atoms with Crippen molar-refractivity contribution in [3.05, 3.63) is 48.2 Å². The number of aromatic nitrogens is 1. The SMILES string of the molecule is O=C(Nc1ccc(N2CCOCC2)cc1)c1ccc(N2CCOCC2)nc1. The molecule has 0 bridgehead atoms. The van der Waals surface area contributed by atoms with Crippen LogP contribution < -0.4 is 15.1 Å². The number of nitrogens with zero attached hydrogens (tertiary/aromatic N) is 3. The molecule has 0 spiro atoms. The number of anilines is 3. The van der Waals surface area contributed by atoms with Crippen LogP contribution in [0.5, 0.6) is 0 Å². The average molecular weight is 368 g/mol. The van der Waals surface area contributed by atoms with E-state index in [9.17, 15) is 4.79 Å². The Morgan fingerprint density at radius 1 is 0.852 bits per heavy atom. The van der Waals surface area contributed by atoms with Crippen molar-refractivity contribution in [1.82, 2.24) is 4.98 Å². The largest absolute Gasteiger partial charge is 0.378 e. The fraction of sp³-hybridized carbons (Fsp3) is 0.400. The van der Waals surface area contributed by atoms with Crippen molar-refractivity contribution >= 4 is 23.1 Å². The molecule has 1 aromatic heterocycles. The Labute approximate surface area is 158 Å². The van der Waals surface area contributed by atoms with Crippen LogP contribution in [0.4, 0.5) is 17.2 Å². The lowest BCUT2D eigenvalue weighted by Crippen LogP contribution is -2.36. The zero-order chi connectivity index (χ0) is 18.5. The Bertz CT molecular complexity index is 752. The molecule has 7 heteroatoms. The topological polar surface area (TPSA) is 66.9 Å². The van der Waals surface area contributed by atoms with Crippen LogP contribution in [0.3, 0.4) is 0 Å². The molecule has 7 nitrogen and oxygen atoms in total. The number of hydrogen-bond acceptors (Lipinski definition) is 6. The van der Waals surface area contributed by atoms with Crippen LogP contribution in [0.1, 0.15) is 10.4 Å². The average Bonchev–Trinajstić information content (AvgIpc) is 2.76. The Morgan fingerprint density at radius 2 is 1.48 bits per heavy atom. The molecule has 27 heavy (non-hydrogen) atoms. The molecule has 2 saturated heterocycles. The number of benzene rings is 1. The molecule has 2 aliphatic rings. The van der Waals surface area contributed by atoms with Crippen molar-refractivity contribution < 1.29 is 14.3 Å². The first-order valence-corrected chi connectivity index (χ1v) is 9.32. The van der Waals surface area contributed by atoms with Crippen molar-refractivity contribution in [2.24, 2.45) is 0 Å². The molecule has 0 radical (unpaired) electrons. The molecule has 0 unspecified atom stereocenters. The zero-order valence-electron chi connectivity index (χ0n) is 15.3. The Morgan fingerprint density at radius 3 is 2.07 bits per heavy atom. The molecule has 0 aliphatic carbocycles. The minimum Gasteiger partial charge on any atom is -0.378 e. The summed E-state index contributed by atoms with van der Waals surface area (Å²) in [4.78, 5) is 21.4. The number of nitrogens with one attached hydrogen (secondary N) is 1. The quantitative estimate of drug-likeness (QED) is 0.891. The second-order valence-electron chi connectivity index (χ2n) is 6.60. The van der Waals surface area contributed by atoms with E-state index in [1.807, 2.05) is 36.4 Å². The second-order valence-corrected chi connectivity index (χ2v) is 6.60. The molecule has 4 rings (SSSR count). The molecule has 2 aliphatic heterocycles. The first kappa shape index (κ1) is 17.8. The first-order valence-electron chi connectivity index (χ1n) is 9.32. The van der Waals surface area contributed by atoms with Gasteiger partial charge in [0.1, 0.15) is 5.82 Å². The third kappa shape index (κ3) is 4.37. The van der Waals surface area contributed by atoms with E-state index in [0.717, 1.165) is 56.6 Å². The summed E-state index contributed by atoms with van der Waals surface area (Å²) in [5, 5.41) is 2.93. The third-order valence-corrected chi connectivity index (χ3v) is 4.85. The highest BCUT2D eigenvalue weighted by molar-refractivity contribution is 6.04. The van der Waals surface area contributed by atoms with Gasteiger partial charge in [0.05, 0.1) is 32.0 Å². The van der Waals surface area contributed by atoms with E-state index in [-0.39, 0.29) is 5.91 Å². The molecular weight excluding hydrogens is 344 g/mol. The fourth-order valence-electron chi connectivity index (χ4n) is 3.28. The highest BCUT2D eigenvalue weighted by Crippen LogP contribution is 2.20. The van der Waals surface area contributed by atoms with Crippen LogP contribution in [0.2, 0.25) is 0 Å². The van der Waals surface area contributed by atoms with E-state index in [4.69, 9.17) is 9.47 Å². The van der Waals surface area contributed by atoms with E-state index < -0.39 is 0 Å². The summed E-state index contributed by atoms with van der Waals surface area (Å²) in [5.74, 6) is 0.722. The van der Waals surface area contributed by atoms with Gasteiger partial charge in [-0.1, -0.05) is 0 Å². The van der Waals surface area contributed by atoms with Crippen molar-refractivity contribution in [1.29, 1.82) is 0 Å². The molecular formula is C20H24N4O3. The molecule has 2 aromatic rings. The molecule has 0 saturated carbocycles. The maximum absolute atomic E-state index is 12.5. The maximum atomic E-state index is 12.5. The number of pyridine rings is 1. The normalized spacial score (nSPS) is 17.6. The van der Waals surface area contributed by atoms with E-state index in [1.165, 1.54) is 0 Å². The predicted molar refractivity (Wildman–Crippen MR) is 105 cm³/mol. The van der Waals surface area contributed by atoms with Gasteiger partial charge < -0.3 is 24.6 Å². The lowest BCUT2D eigenvalue weighted by Gasteiger charge is -2.28. The van der Waals surface area contributed by atoms with Crippen molar-refractivity contribution in [2.75, 3.05) is 67.7 Å². The summed E-state index contributed by atoms with van der Waals surface area (Å²) in [6, 6.07) is 11.6. The van der Waals surface area contributed by atoms with Crippen molar-refractivity contribution in [3.63, 3.8) is 0 Å². The summed E-state index contributed by atoms with van der Waals surface area (Å²) in [6.45, 7) is 6.38. The van der Waals surface area contributed by atoms with Gasteiger partial charge in [0, 0.05) is 43.8 Å². The zero-order valence-corrected chi connectivity index (χ0v) is 15.3. The number of rotatable bonds is 4. The van der Waals surface area contributed by atoms with Crippen LogP contribution in [0.25, 0.3) is 0 Å². The number of morpholine rings is 2. The molecule has 1 amide bonds. The van der Waals surface area contributed by atoms with Crippen molar-refractivity contribution in [2.45, 2.75) is 0 Å². The van der Waals surface area contributed by atoms with Gasteiger partial charge in [-0.3, -0.25) is 4.79 Å². The lowest BCUT2D eigenvalue weighted by molar-refractivity contribution is 0.102. The van der Waals surface area contributed by atoms with Gasteiger partial charge in [0.25, 0.3) is 5.91 Å². The van der Waals surface area contributed by atoms with Gasteiger partial charge in [-0.25, -0.2) is 4.98 Å². The van der Waals surface area contributed by atoms with Gasteiger partial charge in [-0.15, -0.1) is 0 Å². The number of hydrogen-bond donors (Lipinski definition) is 1.